The van der Waals surface area contributed by atoms with Crippen LogP contribution in [0, 0.1) is 6.92 Å². The Bertz CT molecular complexity index is 572. The maximum absolute atomic E-state index is 5.59. The number of nitrogens with zero attached hydrogens (tertiary/aromatic N) is 2. The van der Waals surface area contributed by atoms with Gasteiger partial charge in [-0.2, -0.15) is 0 Å². The van der Waals surface area contributed by atoms with Crippen LogP contribution in [-0.2, 0) is 0 Å². The monoisotopic (exact) mass is 311 g/mol. The third kappa shape index (κ3) is 2.57. The molecule has 1 heterocycles. The Morgan fingerprint density at radius 1 is 1.06 bits per heavy atom. The zero-order valence-electron chi connectivity index (χ0n) is 10.7. The molecule has 0 atom stereocenters. The van der Waals surface area contributed by atoms with Gasteiger partial charge in [-0.25, -0.2) is 0 Å². The van der Waals surface area contributed by atoms with Crippen LogP contribution in [-0.4, -0.2) is 39.2 Å². The first-order valence-corrected chi connectivity index (χ1v) is 6.76. The number of benzene rings is 1. The molecular weight excluding hydrogens is 295 g/mol. The topological polar surface area (TPSA) is 44.2 Å². The number of hydrogen-bond donors (Lipinski definition) is 0. The van der Waals surface area contributed by atoms with Gasteiger partial charge in [0.15, 0.2) is 0 Å². The molecule has 0 unspecified atom stereocenters. The SMILES string of the molecule is CCOc1cc2nc(C)nc([Se])c2cc1OCC. The van der Waals surface area contributed by atoms with Crippen LogP contribution in [0.2, 0.25) is 0 Å². The maximum atomic E-state index is 5.59. The zero-order valence-corrected chi connectivity index (χ0v) is 12.4. The summed E-state index contributed by atoms with van der Waals surface area (Å²) in [4.78, 5) is 8.73. The second-order valence-electron chi connectivity index (χ2n) is 3.76. The van der Waals surface area contributed by atoms with E-state index in [1.807, 2.05) is 32.9 Å². The van der Waals surface area contributed by atoms with Crippen LogP contribution in [0.3, 0.4) is 0 Å². The van der Waals surface area contributed by atoms with Gasteiger partial charge in [0.1, 0.15) is 0 Å². The predicted octanol–water partition coefficient (Wildman–Crippen LogP) is 1.53. The van der Waals surface area contributed by atoms with Crippen molar-refractivity contribution in [2.45, 2.75) is 20.8 Å². The second kappa shape index (κ2) is 5.55. The number of aromatic nitrogens is 2. The molecule has 0 saturated heterocycles. The number of hydrogen-bond acceptors (Lipinski definition) is 4. The molecule has 0 N–H and O–H groups in total. The van der Waals surface area contributed by atoms with Crippen LogP contribution in [0.4, 0.5) is 0 Å². The molecule has 0 aliphatic rings. The van der Waals surface area contributed by atoms with Crippen molar-refractivity contribution in [3.63, 3.8) is 0 Å². The first-order chi connectivity index (χ1) is 8.65. The Morgan fingerprint density at radius 3 is 2.28 bits per heavy atom. The van der Waals surface area contributed by atoms with Crippen molar-refractivity contribution in [1.82, 2.24) is 9.97 Å². The molecule has 4 nitrogen and oxygen atoms in total. The molecular formula is C13H15N2O2Se. The first-order valence-electron chi connectivity index (χ1n) is 5.90. The average Bonchev–Trinajstić information content (AvgIpc) is 2.31. The van der Waals surface area contributed by atoms with E-state index in [0.717, 1.165) is 32.8 Å². The quantitative estimate of drug-likeness (QED) is 0.804. The Kier molecular flexibility index (Phi) is 4.04. The molecule has 5 heteroatoms. The molecule has 0 fully saturated rings. The van der Waals surface area contributed by atoms with E-state index in [-0.39, 0.29) is 0 Å². The van der Waals surface area contributed by atoms with Gasteiger partial charge in [-0.3, -0.25) is 0 Å². The summed E-state index contributed by atoms with van der Waals surface area (Å²) in [7, 11) is 0. The van der Waals surface area contributed by atoms with Crippen LogP contribution in [0.15, 0.2) is 12.1 Å². The van der Waals surface area contributed by atoms with E-state index >= 15 is 0 Å². The van der Waals surface area contributed by atoms with E-state index in [9.17, 15) is 0 Å². The van der Waals surface area contributed by atoms with Gasteiger partial charge in [0.05, 0.1) is 0 Å². The molecule has 0 spiro atoms. The van der Waals surface area contributed by atoms with E-state index in [1.165, 1.54) is 0 Å². The molecule has 18 heavy (non-hydrogen) atoms. The Labute approximate surface area is 115 Å². The van der Waals surface area contributed by atoms with Gasteiger partial charge in [-0.15, -0.1) is 0 Å². The van der Waals surface area contributed by atoms with Crippen molar-refractivity contribution < 1.29 is 9.47 Å². The fraction of sp³-hybridized carbons (Fsp3) is 0.385. The molecule has 1 radical (unpaired) electrons. The standard InChI is InChI=1S/C13H15N2O2Se/c1-4-16-11-6-9-10(7-12(11)17-5-2)14-8(3)15-13(9)18/h6-7H,4-5H2,1-3H3. The van der Waals surface area contributed by atoms with E-state index in [0.29, 0.717) is 13.2 Å². The Balaban J connectivity index is 2.63. The molecule has 0 amide bonds. The molecule has 1 aromatic heterocycles. The normalized spacial score (nSPS) is 10.6. The van der Waals surface area contributed by atoms with E-state index < -0.39 is 0 Å². The summed E-state index contributed by atoms with van der Waals surface area (Å²) in [5.74, 6) is 2.20. The summed E-state index contributed by atoms with van der Waals surface area (Å²) in [6, 6.07) is 3.83. The number of rotatable bonds is 4. The van der Waals surface area contributed by atoms with E-state index in [2.05, 4.69) is 26.0 Å². The van der Waals surface area contributed by atoms with Crippen molar-refractivity contribution in [3.8, 4) is 11.5 Å². The Morgan fingerprint density at radius 2 is 1.67 bits per heavy atom. The number of aryl methyl sites for hydroxylation is 1. The molecule has 2 rings (SSSR count). The summed E-state index contributed by atoms with van der Waals surface area (Å²) >= 11 is 2.96. The summed E-state index contributed by atoms with van der Waals surface area (Å²) in [5, 5.41) is 0.951. The van der Waals surface area contributed by atoms with Crippen LogP contribution < -0.4 is 14.1 Å². The van der Waals surface area contributed by atoms with Gasteiger partial charge < -0.3 is 0 Å². The van der Waals surface area contributed by atoms with Crippen LogP contribution in [0.5, 0.6) is 11.5 Å². The zero-order chi connectivity index (χ0) is 13.1. The van der Waals surface area contributed by atoms with Crippen molar-refractivity contribution in [2.75, 3.05) is 13.2 Å². The molecule has 95 valence electrons. The van der Waals surface area contributed by atoms with E-state index in [4.69, 9.17) is 9.47 Å². The van der Waals surface area contributed by atoms with E-state index in [1.54, 1.807) is 0 Å². The predicted molar refractivity (Wildman–Crippen MR) is 72.0 cm³/mol. The van der Waals surface area contributed by atoms with Crippen LogP contribution in [0.25, 0.3) is 10.9 Å². The number of ether oxygens (including phenoxy) is 2. The third-order valence-electron chi connectivity index (χ3n) is 2.44. The van der Waals surface area contributed by atoms with Gasteiger partial charge in [-0.05, 0) is 0 Å². The fourth-order valence-electron chi connectivity index (χ4n) is 1.76. The Hall–Kier alpha value is -1.32. The van der Waals surface area contributed by atoms with Gasteiger partial charge in [0, 0.05) is 0 Å². The van der Waals surface area contributed by atoms with Crippen LogP contribution >= 0.6 is 0 Å². The molecule has 0 aliphatic heterocycles. The van der Waals surface area contributed by atoms with Gasteiger partial charge in [0.2, 0.25) is 0 Å². The molecule has 0 bridgehead atoms. The van der Waals surface area contributed by atoms with Gasteiger partial charge in [0.25, 0.3) is 0 Å². The first kappa shape index (κ1) is 13.1. The second-order valence-corrected chi connectivity index (χ2v) is 4.57. The summed E-state index contributed by atoms with van der Waals surface area (Å²) in [6.07, 6.45) is 0. The van der Waals surface area contributed by atoms with Crippen molar-refractivity contribution in [1.29, 1.82) is 0 Å². The molecule has 1 aromatic carbocycles. The summed E-state index contributed by atoms with van der Waals surface area (Å²) < 4.78 is 12.0. The van der Waals surface area contributed by atoms with Gasteiger partial charge >= 0.3 is 114 Å². The average molecular weight is 310 g/mol. The third-order valence-corrected chi connectivity index (χ3v) is 3.09. The minimum absolute atomic E-state index is 0.598. The number of fused-ring (bicyclic) bond motifs is 1. The van der Waals surface area contributed by atoms with Crippen molar-refractivity contribution >= 4 is 31.5 Å². The minimum atomic E-state index is 0.598. The molecule has 0 saturated carbocycles. The van der Waals surface area contributed by atoms with Crippen LogP contribution in [0.1, 0.15) is 19.7 Å². The van der Waals surface area contributed by atoms with Crippen molar-refractivity contribution in [3.05, 3.63) is 18.0 Å². The summed E-state index contributed by atoms with van der Waals surface area (Å²) in [5.41, 5.74) is 0.864. The van der Waals surface area contributed by atoms with Crippen molar-refractivity contribution in [2.24, 2.45) is 0 Å². The molecule has 0 aliphatic carbocycles. The van der Waals surface area contributed by atoms with Gasteiger partial charge in [-0.1, -0.05) is 0 Å². The summed E-state index contributed by atoms with van der Waals surface area (Å²) in [6.45, 7) is 6.97. The molecule has 2 aromatic rings. The fourth-order valence-corrected chi connectivity index (χ4v) is 2.38.